The van der Waals surface area contributed by atoms with Crippen molar-refractivity contribution in [2.45, 2.75) is 13.5 Å². The van der Waals surface area contributed by atoms with E-state index in [1.807, 2.05) is 0 Å². The van der Waals surface area contributed by atoms with Crippen molar-refractivity contribution in [1.82, 2.24) is 5.32 Å². The van der Waals surface area contributed by atoms with E-state index in [0.29, 0.717) is 22.1 Å². The van der Waals surface area contributed by atoms with Gasteiger partial charge in [0.2, 0.25) is 0 Å². The molecule has 0 aliphatic heterocycles. The molecule has 0 radical (unpaired) electrons. The lowest BCUT2D eigenvalue weighted by molar-refractivity contribution is 0.0694. The minimum atomic E-state index is -1.08. The SMILES string of the molecule is Cc1c(C(=O)NCc2ccccc2C(=O)O)c(=O)oc2ccccc12. The van der Waals surface area contributed by atoms with Crippen LogP contribution in [0.1, 0.15) is 31.8 Å². The first-order valence-corrected chi connectivity index (χ1v) is 7.61. The summed E-state index contributed by atoms with van der Waals surface area (Å²) in [6, 6.07) is 13.3. The van der Waals surface area contributed by atoms with Crippen molar-refractivity contribution in [3.05, 3.63) is 81.2 Å². The first-order chi connectivity index (χ1) is 12.0. The summed E-state index contributed by atoms with van der Waals surface area (Å²) >= 11 is 0. The van der Waals surface area contributed by atoms with Crippen LogP contribution in [0.4, 0.5) is 0 Å². The van der Waals surface area contributed by atoms with E-state index < -0.39 is 17.5 Å². The van der Waals surface area contributed by atoms with E-state index in [1.165, 1.54) is 6.07 Å². The minimum Gasteiger partial charge on any atom is -0.478 e. The second kappa shape index (κ2) is 6.60. The summed E-state index contributed by atoms with van der Waals surface area (Å²) in [6.45, 7) is 1.67. The molecule has 0 saturated carbocycles. The molecule has 3 aromatic rings. The second-order valence-electron chi connectivity index (χ2n) is 5.53. The van der Waals surface area contributed by atoms with Gasteiger partial charge in [-0.3, -0.25) is 4.79 Å². The molecule has 2 N–H and O–H groups in total. The summed E-state index contributed by atoms with van der Waals surface area (Å²) in [7, 11) is 0. The molecule has 0 bridgehead atoms. The van der Waals surface area contributed by atoms with Gasteiger partial charge in [-0.1, -0.05) is 36.4 Å². The van der Waals surface area contributed by atoms with Gasteiger partial charge in [-0.15, -0.1) is 0 Å². The number of para-hydroxylation sites is 1. The minimum absolute atomic E-state index is 0.00693. The van der Waals surface area contributed by atoms with E-state index in [1.54, 1.807) is 49.4 Å². The molecule has 6 heteroatoms. The van der Waals surface area contributed by atoms with Gasteiger partial charge in [0.15, 0.2) is 0 Å². The van der Waals surface area contributed by atoms with Gasteiger partial charge in [-0.25, -0.2) is 9.59 Å². The third-order valence-corrected chi connectivity index (χ3v) is 3.99. The van der Waals surface area contributed by atoms with E-state index in [9.17, 15) is 19.5 Å². The van der Waals surface area contributed by atoms with Crippen molar-refractivity contribution >= 4 is 22.8 Å². The van der Waals surface area contributed by atoms with Crippen LogP contribution in [0.5, 0.6) is 0 Å². The van der Waals surface area contributed by atoms with Crippen molar-refractivity contribution < 1.29 is 19.1 Å². The average molecular weight is 337 g/mol. The molecule has 0 saturated heterocycles. The molecule has 0 atom stereocenters. The lowest BCUT2D eigenvalue weighted by atomic mass is 10.0. The van der Waals surface area contributed by atoms with Crippen LogP contribution in [-0.4, -0.2) is 17.0 Å². The number of fused-ring (bicyclic) bond motifs is 1. The van der Waals surface area contributed by atoms with Crippen LogP contribution in [0.15, 0.2) is 57.7 Å². The Balaban J connectivity index is 1.91. The van der Waals surface area contributed by atoms with E-state index in [-0.39, 0.29) is 17.7 Å². The van der Waals surface area contributed by atoms with Gasteiger partial charge in [-0.2, -0.15) is 0 Å². The predicted molar refractivity (Wildman–Crippen MR) is 91.8 cm³/mol. The van der Waals surface area contributed by atoms with Crippen LogP contribution in [0, 0.1) is 6.92 Å². The maximum atomic E-state index is 12.5. The molecule has 3 rings (SSSR count). The summed E-state index contributed by atoms with van der Waals surface area (Å²) in [5.74, 6) is -1.68. The number of carboxylic acids is 1. The van der Waals surface area contributed by atoms with Crippen LogP contribution in [-0.2, 0) is 6.54 Å². The highest BCUT2D eigenvalue weighted by molar-refractivity contribution is 5.99. The van der Waals surface area contributed by atoms with Gasteiger partial charge in [0.25, 0.3) is 5.91 Å². The highest BCUT2D eigenvalue weighted by atomic mass is 16.4. The summed E-state index contributed by atoms with van der Waals surface area (Å²) in [5.41, 5.74) is 0.691. The van der Waals surface area contributed by atoms with Crippen molar-refractivity contribution in [3.8, 4) is 0 Å². The Labute approximate surface area is 142 Å². The Morgan fingerprint density at radius 1 is 1.08 bits per heavy atom. The number of carboxylic acid groups (broad SMARTS) is 1. The zero-order chi connectivity index (χ0) is 18.0. The number of hydrogen-bond acceptors (Lipinski definition) is 4. The fourth-order valence-electron chi connectivity index (χ4n) is 2.71. The Hall–Kier alpha value is -3.41. The molecule has 25 heavy (non-hydrogen) atoms. The first-order valence-electron chi connectivity index (χ1n) is 7.61. The third-order valence-electron chi connectivity index (χ3n) is 3.99. The molecule has 0 aliphatic carbocycles. The molecular formula is C19H15NO5. The molecule has 0 unspecified atom stereocenters. The molecule has 6 nitrogen and oxygen atoms in total. The van der Waals surface area contributed by atoms with Crippen LogP contribution in [0.2, 0.25) is 0 Å². The Bertz CT molecular complexity index is 1040. The van der Waals surface area contributed by atoms with Crippen LogP contribution < -0.4 is 10.9 Å². The molecule has 0 aliphatic rings. The van der Waals surface area contributed by atoms with Gasteiger partial charge < -0.3 is 14.8 Å². The molecule has 0 fully saturated rings. The summed E-state index contributed by atoms with van der Waals surface area (Å²) in [4.78, 5) is 35.8. The monoisotopic (exact) mass is 337 g/mol. The van der Waals surface area contributed by atoms with Gasteiger partial charge in [0.1, 0.15) is 11.1 Å². The molecule has 2 aromatic carbocycles. The fourth-order valence-corrected chi connectivity index (χ4v) is 2.71. The van der Waals surface area contributed by atoms with E-state index >= 15 is 0 Å². The van der Waals surface area contributed by atoms with Gasteiger partial charge in [-0.05, 0) is 30.2 Å². The number of hydrogen-bond donors (Lipinski definition) is 2. The smallest absolute Gasteiger partial charge is 0.349 e. The zero-order valence-electron chi connectivity index (χ0n) is 13.4. The Morgan fingerprint density at radius 2 is 1.76 bits per heavy atom. The highest BCUT2D eigenvalue weighted by Crippen LogP contribution is 2.19. The fraction of sp³-hybridized carbons (Fsp3) is 0.105. The number of carbonyl (C=O) groups excluding carboxylic acids is 1. The highest BCUT2D eigenvalue weighted by Gasteiger charge is 2.19. The number of carbonyl (C=O) groups is 2. The number of nitrogens with one attached hydrogen (secondary N) is 1. The van der Waals surface area contributed by atoms with E-state index in [4.69, 9.17) is 4.42 Å². The lowest BCUT2D eigenvalue weighted by Gasteiger charge is -2.10. The first kappa shape index (κ1) is 16.4. The van der Waals surface area contributed by atoms with Crippen molar-refractivity contribution in [2.75, 3.05) is 0 Å². The lowest BCUT2D eigenvalue weighted by Crippen LogP contribution is -2.29. The maximum Gasteiger partial charge on any atom is 0.349 e. The molecule has 126 valence electrons. The summed E-state index contributed by atoms with van der Waals surface area (Å²) in [6.07, 6.45) is 0. The van der Waals surface area contributed by atoms with Gasteiger partial charge >= 0.3 is 11.6 Å². The van der Waals surface area contributed by atoms with E-state index in [2.05, 4.69) is 5.32 Å². The Morgan fingerprint density at radius 3 is 2.52 bits per heavy atom. The number of benzene rings is 2. The van der Waals surface area contributed by atoms with E-state index in [0.717, 1.165) is 0 Å². The summed E-state index contributed by atoms with van der Waals surface area (Å²) in [5, 5.41) is 12.5. The standard InChI is InChI=1S/C19H15NO5/c1-11-13-7-4-5-9-15(13)25-19(24)16(11)17(21)20-10-12-6-2-3-8-14(12)18(22)23/h2-9H,10H2,1H3,(H,20,21)(H,22,23). The van der Waals surface area contributed by atoms with Crippen molar-refractivity contribution in [3.63, 3.8) is 0 Å². The van der Waals surface area contributed by atoms with Crippen molar-refractivity contribution in [2.24, 2.45) is 0 Å². The van der Waals surface area contributed by atoms with Crippen LogP contribution in [0.25, 0.3) is 11.0 Å². The molecular weight excluding hydrogens is 322 g/mol. The van der Waals surface area contributed by atoms with Crippen molar-refractivity contribution in [1.29, 1.82) is 0 Å². The maximum absolute atomic E-state index is 12.5. The molecule has 1 amide bonds. The number of aryl methyl sites for hydroxylation is 1. The van der Waals surface area contributed by atoms with Crippen LogP contribution >= 0.6 is 0 Å². The molecule has 1 heterocycles. The number of rotatable bonds is 4. The third kappa shape index (κ3) is 3.14. The predicted octanol–water partition coefficient (Wildman–Crippen LogP) is 2.73. The molecule has 1 aromatic heterocycles. The normalized spacial score (nSPS) is 10.6. The summed E-state index contributed by atoms with van der Waals surface area (Å²) < 4.78 is 5.20. The zero-order valence-corrected chi connectivity index (χ0v) is 13.4. The van der Waals surface area contributed by atoms with Gasteiger partial charge in [0, 0.05) is 11.9 Å². The number of amides is 1. The largest absolute Gasteiger partial charge is 0.478 e. The second-order valence-corrected chi connectivity index (χ2v) is 5.53. The Kier molecular flexibility index (Phi) is 4.35. The van der Waals surface area contributed by atoms with Gasteiger partial charge in [0.05, 0.1) is 5.56 Å². The number of aromatic carboxylic acids is 1. The van der Waals surface area contributed by atoms with Crippen LogP contribution in [0.3, 0.4) is 0 Å². The average Bonchev–Trinajstić information content (AvgIpc) is 2.60. The quantitative estimate of drug-likeness (QED) is 0.714. The molecule has 0 spiro atoms. The topological polar surface area (TPSA) is 96.6 Å².